The normalized spacial score (nSPS) is 17.1. The third-order valence-electron chi connectivity index (χ3n) is 3.79. The van der Waals surface area contributed by atoms with Gasteiger partial charge >= 0.3 is 0 Å². The summed E-state index contributed by atoms with van der Waals surface area (Å²) in [6.07, 6.45) is 4.06. The van der Waals surface area contributed by atoms with Crippen LogP contribution in [0.1, 0.15) is 42.8 Å². The van der Waals surface area contributed by atoms with Crippen LogP contribution >= 0.6 is 0 Å². The molecule has 0 aliphatic heterocycles. The topological polar surface area (TPSA) is 73.1 Å². The van der Waals surface area contributed by atoms with E-state index in [9.17, 15) is 0 Å². The van der Waals surface area contributed by atoms with Crippen molar-refractivity contribution in [3.63, 3.8) is 0 Å². The Balaban J connectivity index is 1.87. The SMILES string of the molecule is CCc1nc(NN)cc(OC2CCCc3ccccc32)n1. The number of hydrogen-bond donors (Lipinski definition) is 2. The molecule has 1 aromatic heterocycles. The molecule has 0 amide bonds. The monoisotopic (exact) mass is 284 g/mol. The number of hydrazine groups is 1. The molecule has 1 unspecified atom stereocenters. The van der Waals surface area contributed by atoms with Crippen LogP contribution < -0.4 is 16.0 Å². The van der Waals surface area contributed by atoms with Crippen molar-refractivity contribution in [2.45, 2.75) is 38.7 Å². The molecule has 0 saturated heterocycles. The minimum Gasteiger partial charge on any atom is -0.469 e. The fraction of sp³-hybridized carbons (Fsp3) is 0.375. The standard InChI is InChI=1S/C16H20N4O/c1-2-14-18-15(20-17)10-16(19-14)21-13-9-5-7-11-6-3-4-8-12(11)13/h3-4,6,8,10,13H,2,5,7,9,17H2,1H3,(H,18,19,20). The number of nitrogens with zero attached hydrogens (tertiary/aromatic N) is 2. The zero-order valence-electron chi connectivity index (χ0n) is 12.2. The zero-order chi connectivity index (χ0) is 14.7. The van der Waals surface area contributed by atoms with Crippen LogP contribution in [0.25, 0.3) is 0 Å². The number of aromatic nitrogens is 2. The minimum absolute atomic E-state index is 0.0557. The molecule has 5 heteroatoms. The van der Waals surface area contributed by atoms with E-state index in [1.54, 1.807) is 6.07 Å². The number of ether oxygens (including phenoxy) is 1. The second-order valence-electron chi connectivity index (χ2n) is 5.20. The molecular formula is C16H20N4O. The van der Waals surface area contributed by atoms with Gasteiger partial charge < -0.3 is 10.2 Å². The number of nitrogens with one attached hydrogen (secondary N) is 1. The maximum absolute atomic E-state index is 6.12. The van der Waals surface area contributed by atoms with Crippen molar-refractivity contribution in [3.05, 3.63) is 47.3 Å². The summed E-state index contributed by atoms with van der Waals surface area (Å²) in [6, 6.07) is 10.2. The number of benzene rings is 1. The number of nitrogens with two attached hydrogens (primary N) is 1. The Labute approximate surface area is 124 Å². The van der Waals surface area contributed by atoms with Gasteiger partial charge in [-0.2, -0.15) is 4.98 Å². The Morgan fingerprint density at radius 1 is 1.33 bits per heavy atom. The molecule has 0 bridgehead atoms. The summed E-state index contributed by atoms with van der Waals surface area (Å²) in [6.45, 7) is 2.01. The van der Waals surface area contributed by atoms with E-state index in [0.717, 1.165) is 31.5 Å². The molecule has 110 valence electrons. The first-order chi connectivity index (χ1) is 10.3. The van der Waals surface area contributed by atoms with E-state index in [0.29, 0.717) is 11.7 Å². The molecule has 0 saturated carbocycles. The second kappa shape index (κ2) is 6.10. The Bertz CT molecular complexity index is 607. The third-order valence-corrected chi connectivity index (χ3v) is 3.79. The van der Waals surface area contributed by atoms with Gasteiger partial charge in [0.05, 0.1) is 0 Å². The highest BCUT2D eigenvalue weighted by Crippen LogP contribution is 2.33. The average molecular weight is 284 g/mol. The van der Waals surface area contributed by atoms with Gasteiger partial charge in [0.25, 0.3) is 0 Å². The molecule has 21 heavy (non-hydrogen) atoms. The molecule has 0 radical (unpaired) electrons. The molecule has 1 heterocycles. The van der Waals surface area contributed by atoms with Crippen LogP contribution in [0, 0.1) is 0 Å². The Morgan fingerprint density at radius 3 is 3.00 bits per heavy atom. The first kappa shape index (κ1) is 13.8. The highest BCUT2D eigenvalue weighted by molar-refractivity contribution is 5.38. The first-order valence-electron chi connectivity index (χ1n) is 7.39. The van der Waals surface area contributed by atoms with Crippen molar-refractivity contribution in [3.8, 4) is 5.88 Å². The van der Waals surface area contributed by atoms with Crippen LogP contribution in [0.15, 0.2) is 30.3 Å². The highest BCUT2D eigenvalue weighted by atomic mass is 16.5. The van der Waals surface area contributed by atoms with Crippen LogP contribution in [0.3, 0.4) is 0 Å². The van der Waals surface area contributed by atoms with Gasteiger partial charge in [-0.15, -0.1) is 0 Å². The maximum Gasteiger partial charge on any atom is 0.219 e. The molecule has 5 nitrogen and oxygen atoms in total. The molecule has 3 N–H and O–H groups in total. The van der Waals surface area contributed by atoms with Crippen molar-refractivity contribution < 1.29 is 4.74 Å². The number of anilines is 1. The van der Waals surface area contributed by atoms with Crippen molar-refractivity contribution in [2.75, 3.05) is 5.43 Å². The lowest BCUT2D eigenvalue weighted by Crippen LogP contribution is -2.17. The van der Waals surface area contributed by atoms with Crippen LogP contribution in [-0.2, 0) is 12.8 Å². The molecule has 2 aromatic rings. The zero-order valence-corrected chi connectivity index (χ0v) is 12.2. The Hall–Kier alpha value is -2.14. The molecule has 0 fully saturated rings. The number of aryl methyl sites for hydroxylation is 2. The summed E-state index contributed by atoms with van der Waals surface area (Å²) in [5.74, 6) is 7.35. The highest BCUT2D eigenvalue weighted by Gasteiger charge is 2.22. The van der Waals surface area contributed by atoms with E-state index in [2.05, 4.69) is 39.7 Å². The van der Waals surface area contributed by atoms with E-state index < -0.39 is 0 Å². The number of nitrogen functional groups attached to an aromatic ring is 1. The van der Waals surface area contributed by atoms with Crippen LogP contribution in [0.4, 0.5) is 5.82 Å². The first-order valence-corrected chi connectivity index (χ1v) is 7.39. The van der Waals surface area contributed by atoms with E-state index >= 15 is 0 Å². The van der Waals surface area contributed by atoms with Crippen molar-refractivity contribution in [1.29, 1.82) is 0 Å². The summed E-state index contributed by atoms with van der Waals surface area (Å²) < 4.78 is 6.12. The van der Waals surface area contributed by atoms with Crippen LogP contribution in [0.5, 0.6) is 5.88 Å². The van der Waals surface area contributed by atoms with Gasteiger partial charge in [0.1, 0.15) is 17.7 Å². The molecular weight excluding hydrogens is 264 g/mol. The van der Waals surface area contributed by atoms with E-state index in [1.165, 1.54) is 11.1 Å². The average Bonchev–Trinajstić information content (AvgIpc) is 2.55. The summed E-state index contributed by atoms with van der Waals surface area (Å²) in [7, 11) is 0. The predicted octanol–water partition coefficient (Wildman–Crippen LogP) is 2.78. The van der Waals surface area contributed by atoms with Crippen LogP contribution in [0.2, 0.25) is 0 Å². The lowest BCUT2D eigenvalue weighted by atomic mass is 9.89. The summed E-state index contributed by atoms with van der Waals surface area (Å²) in [5.41, 5.74) is 5.20. The number of fused-ring (bicyclic) bond motifs is 1. The van der Waals surface area contributed by atoms with Gasteiger partial charge in [-0.1, -0.05) is 31.2 Å². The minimum atomic E-state index is 0.0557. The summed E-state index contributed by atoms with van der Waals surface area (Å²) in [4.78, 5) is 8.72. The van der Waals surface area contributed by atoms with E-state index in [-0.39, 0.29) is 6.10 Å². The molecule has 1 atom stereocenters. The number of rotatable bonds is 4. The van der Waals surface area contributed by atoms with Crippen molar-refractivity contribution in [1.82, 2.24) is 9.97 Å². The molecule has 1 aromatic carbocycles. The summed E-state index contributed by atoms with van der Waals surface area (Å²) >= 11 is 0. The smallest absolute Gasteiger partial charge is 0.219 e. The lowest BCUT2D eigenvalue weighted by molar-refractivity contribution is 0.175. The van der Waals surface area contributed by atoms with Gasteiger partial charge in [0.15, 0.2) is 0 Å². The van der Waals surface area contributed by atoms with Gasteiger partial charge in [-0.05, 0) is 30.4 Å². The number of hydrogen-bond acceptors (Lipinski definition) is 5. The predicted molar refractivity (Wildman–Crippen MR) is 82.0 cm³/mol. The van der Waals surface area contributed by atoms with Gasteiger partial charge in [0.2, 0.25) is 5.88 Å². The fourth-order valence-corrected chi connectivity index (χ4v) is 2.74. The maximum atomic E-state index is 6.12. The van der Waals surface area contributed by atoms with Crippen molar-refractivity contribution >= 4 is 5.82 Å². The van der Waals surface area contributed by atoms with Gasteiger partial charge in [0, 0.05) is 12.5 Å². The van der Waals surface area contributed by atoms with Gasteiger partial charge in [-0.25, -0.2) is 10.8 Å². The van der Waals surface area contributed by atoms with Crippen molar-refractivity contribution in [2.24, 2.45) is 5.84 Å². The fourth-order valence-electron chi connectivity index (χ4n) is 2.74. The third kappa shape index (κ3) is 2.97. The van der Waals surface area contributed by atoms with Gasteiger partial charge in [-0.3, -0.25) is 0 Å². The lowest BCUT2D eigenvalue weighted by Gasteiger charge is -2.26. The molecule has 0 spiro atoms. The summed E-state index contributed by atoms with van der Waals surface area (Å²) in [5, 5.41) is 0. The van der Waals surface area contributed by atoms with Crippen LogP contribution in [-0.4, -0.2) is 9.97 Å². The molecule has 1 aliphatic carbocycles. The van der Waals surface area contributed by atoms with E-state index in [4.69, 9.17) is 10.6 Å². The molecule has 1 aliphatic rings. The molecule has 3 rings (SSSR count). The quantitative estimate of drug-likeness (QED) is 0.667. The Kier molecular flexibility index (Phi) is 4.01. The van der Waals surface area contributed by atoms with E-state index in [1.807, 2.05) is 6.92 Å². The largest absolute Gasteiger partial charge is 0.469 e. The second-order valence-corrected chi connectivity index (χ2v) is 5.20. The Morgan fingerprint density at radius 2 is 2.19 bits per heavy atom.